The van der Waals surface area contributed by atoms with Crippen molar-refractivity contribution in [3.05, 3.63) is 51.7 Å². The molecule has 0 saturated heterocycles. The zero-order valence-electron chi connectivity index (χ0n) is 12.4. The number of benzene rings is 1. The lowest BCUT2D eigenvalue weighted by molar-refractivity contribution is -0.384. The van der Waals surface area contributed by atoms with E-state index in [4.69, 9.17) is 0 Å². The Morgan fingerprint density at radius 1 is 1.29 bits per heavy atom. The van der Waals surface area contributed by atoms with Crippen LogP contribution < -0.4 is 5.32 Å². The van der Waals surface area contributed by atoms with E-state index in [1.54, 1.807) is 11.7 Å². The molecule has 2 aromatic rings. The molecule has 1 aromatic heterocycles. The summed E-state index contributed by atoms with van der Waals surface area (Å²) in [5.74, 6) is 0.486. The molecule has 6 nitrogen and oxygen atoms in total. The summed E-state index contributed by atoms with van der Waals surface area (Å²) in [7, 11) is 1.73. The maximum atomic E-state index is 11.3. The summed E-state index contributed by atoms with van der Waals surface area (Å²) >= 11 is 0. The van der Waals surface area contributed by atoms with Gasteiger partial charge in [0.1, 0.15) is 5.69 Å². The molecule has 0 aliphatic rings. The molecule has 1 aromatic carbocycles. The minimum atomic E-state index is -0.344. The molecule has 0 spiro atoms. The van der Waals surface area contributed by atoms with Gasteiger partial charge in [-0.3, -0.25) is 10.1 Å². The maximum absolute atomic E-state index is 11.3. The average Bonchev–Trinajstić information content (AvgIpc) is 2.77. The Morgan fingerprint density at radius 2 is 2.00 bits per heavy atom. The van der Waals surface area contributed by atoms with Crippen molar-refractivity contribution >= 4 is 11.5 Å². The second-order valence-electron chi connectivity index (χ2n) is 4.94. The van der Waals surface area contributed by atoms with E-state index in [-0.39, 0.29) is 10.6 Å². The third-order valence-corrected chi connectivity index (χ3v) is 3.31. The molecule has 0 aliphatic heterocycles. The average molecular weight is 288 g/mol. The maximum Gasteiger partial charge on any atom is 0.333 e. The van der Waals surface area contributed by atoms with Gasteiger partial charge in [0, 0.05) is 13.6 Å². The zero-order chi connectivity index (χ0) is 15.2. The van der Waals surface area contributed by atoms with Gasteiger partial charge >= 0.3 is 5.69 Å². The van der Waals surface area contributed by atoms with Crippen LogP contribution in [0.5, 0.6) is 0 Å². The molecular formula is C15H20N4O2. The number of aryl methyl sites for hydroxylation is 2. The van der Waals surface area contributed by atoms with E-state index in [0.29, 0.717) is 24.5 Å². The predicted octanol–water partition coefficient (Wildman–Crippen LogP) is 2.94. The summed E-state index contributed by atoms with van der Waals surface area (Å²) in [6.45, 7) is 2.62. The van der Waals surface area contributed by atoms with E-state index < -0.39 is 0 Å². The molecule has 0 amide bonds. The Hall–Kier alpha value is -2.37. The highest BCUT2D eigenvalue weighted by molar-refractivity contribution is 5.59. The van der Waals surface area contributed by atoms with Crippen LogP contribution in [-0.2, 0) is 19.9 Å². The molecule has 0 bridgehead atoms. The largest absolute Gasteiger partial charge is 0.364 e. The first-order valence-electron chi connectivity index (χ1n) is 7.11. The molecule has 0 unspecified atom stereocenters. The van der Waals surface area contributed by atoms with E-state index in [1.165, 1.54) is 5.56 Å². The first-order chi connectivity index (χ1) is 10.1. The fraction of sp³-hybridized carbons (Fsp3) is 0.400. The topological polar surface area (TPSA) is 73.0 Å². The number of rotatable bonds is 7. The van der Waals surface area contributed by atoms with Gasteiger partial charge in [-0.15, -0.1) is 0 Å². The summed E-state index contributed by atoms with van der Waals surface area (Å²) in [6, 6.07) is 10.0. The van der Waals surface area contributed by atoms with Gasteiger partial charge in [-0.25, -0.2) is 4.68 Å². The van der Waals surface area contributed by atoms with Crippen molar-refractivity contribution in [2.24, 2.45) is 7.05 Å². The lowest BCUT2D eigenvalue weighted by Gasteiger charge is -2.06. The Morgan fingerprint density at radius 3 is 2.62 bits per heavy atom. The quantitative estimate of drug-likeness (QED) is 0.628. The van der Waals surface area contributed by atoms with Crippen molar-refractivity contribution in [1.82, 2.24) is 9.78 Å². The van der Waals surface area contributed by atoms with Crippen LogP contribution in [-0.4, -0.2) is 21.2 Å². The molecule has 2 rings (SSSR count). The van der Waals surface area contributed by atoms with Crippen LogP contribution >= 0.6 is 0 Å². The number of hydrogen-bond donors (Lipinski definition) is 1. The van der Waals surface area contributed by atoms with Crippen LogP contribution in [0.4, 0.5) is 11.5 Å². The van der Waals surface area contributed by atoms with Crippen molar-refractivity contribution in [1.29, 1.82) is 0 Å². The summed E-state index contributed by atoms with van der Waals surface area (Å²) in [6.07, 6.45) is 2.26. The van der Waals surface area contributed by atoms with Crippen molar-refractivity contribution in [2.75, 3.05) is 11.9 Å². The van der Waals surface area contributed by atoms with Gasteiger partial charge in [-0.05, 0) is 18.4 Å². The van der Waals surface area contributed by atoms with Gasteiger partial charge < -0.3 is 5.32 Å². The second kappa shape index (κ2) is 6.88. The van der Waals surface area contributed by atoms with Gasteiger partial charge in [-0.2, -0.15) is 5.10 Å². The first kappa shape index (κ1) is 15.0. The fourth-order valence-electron chi connectivity index (χ4n) is 2.33. The van der Waals surface area contributed by atoms with E-state index in [9.17, 15) is 10.1 Å². The van der Waals surface area contributed by atoms with Crippen LogP contribution in [0.25, 0.3) is 0 Å². The van der Waals surface area contributed by atoms with Gasteiger partial charge in [0.2, 0.25) is 5.82 Å². The molecule has 0 aliphatic carbocycles. The van der Waals surface area contributed by atoms with Crippen molar-refractivity contribution in [3.63, 3.8) is 0 Å². The molecule has 21 heavy (non-hydrogen) atoms. The van der Waals surface area contributed by atoms with Crippen LogP contribution in [0.1, 0.15) is 24.6 Å². The number of hydrogen-bond acceptors (Lipinski definition) is 4. The Labute approximate surface area is 123 Å². The third-order valence-electron chi connectivity index (χ3n) is 3.31. The molecule has 0 saturated carbocycles. The van der Waals surface area contributed by atoms with Gasteiger partial charge in [0.15, 0.2) is 0 Å². The van der Waals surface area contributed by atoms with E-state index in [2.05, 4.69) is 10.4 Å². The number of nitrogens with one attached hydrogen (secondary N) is 1. The van der Waals surface area contributed by atoms with E-state index in [0.717, 1.165) is 12.8 Å². The number of nitrogens with zero attached hydrogens (tertiary/aromatic N) is 3. The van der Waals surface area contributed by atoms with E-state index in [1.807, 2.05) is 37.3 Å². The van der Waals surface area contributed by atoms with Crippen LogP contribution in [0.3, 0.4) is 0 Å². The molecule has 1 heterocycles. The zero-order valence-corrected chi connectivity index (χ0v) is 12.4. The van der Waals surface area contributed by atoms with Gasteiger partial charge in [0.25, 0.3) is 0 Å². The monoisotopic (exact) mass is 288 g/mol. The number of nitro groups is 1. The SMILES string of the molecule is CCCc1nn(C)c(NCCc2ccccc2)c1[N+](=O)[O-]. The molecule has 112 valence electrons. The smallest absolute Gasteiger partial charge is 0.333 e. The summed E-state index contributed by atoms with van der Waals surface area (Å²) in [4.78, 5) is 10.9. The molecule has 1 N–H and O–H groups in total. The number of anilines is 1. The molecular weight excluding hydrogens is 268 g/mol. The normalized spacial score (nSPS) is 10.6. The summed E-state index contributed by atoms with van der Waals surface area (Å²) in [5.41, 5.74) is 1.85. The fourth-order valence-corrected chi connectivity index (χ4v) is 2.33. The minimum absolute atomic E-state index is 0.104. The highest BCUT2D eigenvalue weighted by atomic mass is 16.6. The lowest BCUT2D eigenvalue weighted by Crippen LogP contribution is -2.10. The summed E-state index contributed by atoms with van der Waals surface area (Å²) < 4.78 is 1.56. The summed E-state index contributed by atoms with van der Waals surface area (Å²) in [5, 5.41) is 18.7. The third kappa shape index (κ3) is 3.59. The van der Waals surface area contributed by atoms with Gasteiger partial charge in [0.05, 0.1) is 4.92 Å². The first-order valence-corrected chi connectivity index (χ1v) is 7.11. The van der Waals surface area contributed by atoms with Crippen LogP contribution in [0.15, 0.2) is 30.3 Å². The second-order valence-corrected chi connectivity index (χ2v) is 4.94. The highest BCUT2D eigenvalue weighted by Gasteiger charge is 2.25. The highest BCUT2D eigenvalue weighted by Crippen LogP contribution is 2.28. The standard InChI is InChI=1S/C15H20N4O2/c1-3-7-13-14(19(20)21)15(18(2)17-13)16-11-10-12-8-5-4-6-9-12/h4-6,8-9,16H,3,7,10-11H2,1-2H3. The molecule has 6 heteroatoms. The Bertz CT molecular complexity index is 608. The molecule has 0 atom stereocenters. The Balaban J connectivity index is 2.10. The van der Waals surface area contributed by atoms with Crippen LogP contribution in [0.2, 0.25) is 0 Å². The minimum Gasteiger partial charge on any atom is -0.364 e. The Kier molecular flexibility index (Phi) is 4.92. The van der Waals surface area contributed by atoms with Crippen molar-refractivity contribution in [3.8, 4) is 0 Å². The molecule has 0 radical (unpaired) electrons. The van der Waals surface area contributed by atoms with E-state index >= 15 is 0 Å². The lowest BCUT2D eigenvalue weighted by atomic mass is 10.1. The predicted molar refractivity (Wildman–Crippen MR) is 82.5 cm³/mol. The molecule has 0 fully saturated rings. The van der Waals surface area contributed by atoms with Crippen LogP contribution in [0, 0.1) is 10.1 Å². The van der Waals surface area contributed by atoms with Crippen molar-refractivity contribution < 1.29 is 4.92 Å². The number of aromatic nitrogens is 2. The van der Waals surface area contributed by atoms with Crippen molar-refractivity contribution in [2.45, 2.75) is 26.2 Å². The van der Waals surface area contributed by atoms with Gasteiger partial charge in [-0.1, -0.05) is 43.7 Å².